The second kappa shape index (κ2) is 8.57. The second-order valence-corrected chi connectivity index (χ2v) is 7.59. The summed E-state index contributed by atoms with van der Waals surface area (Å²) in [6.07, 6.45) is -1.59. The van der Waals surface area contributed by atoms with Gasteiger partial charge in [-0.05, 0) is 31.2 Å². The lowest BCUT2D eigenvalue weighted by Crippen LogP contribution is -2.30. The molecule has 1 amide bonds. The number of para-hydroxylation sites is 1. The van der Waals surface area contributed by atoms with Gasteiger partial charge in [0.2, 0.25) is 0 Å². The molecule has 2 aromatic carbocycles. The van der Waals surface area contributed by atoms with Crippen LogP contribution in [-0.4, -0.2) is 32.2 Å². The van der Waals surface area contributed by atoms with E-state index in [1.54, 1.807) is 24.3 Å². The zero-order valence-electron chi connectivity index (χ0n) is 14.0. The number of rotatable bonds is 7. The van der Waals surface area contributed by atoms with E-state index >= 15 is 0 Å². The Hall–Kier alpha value is -2.74. The number of ether oxygens (including phenoxy) is 1. The van der Waals surface area contributed by atoms with Crippen molar-refractivity contribution < 1.29 is 27.1 Å². The smallest absolute Gasteiger partial charge is 0.307 e. The minimum Gasteiger partial charge on any atom is -0.453 e. The molecule has 8 heteroatoms. The predicted octanol–water partition coefficient (Wildman–Crippen LogP) is 2.56. The van der Waals surface area contributed by atoms with Crippen molar-refractivity contribution >= 4 is 27.4 Å². The van der Waals surface area contributed by atoms with Gasteiger partial charge in [-0.25, -0.2) is 12.8 Å². The van der Waals surface area contributed by atoms with Crippen molar-refractivity contribution in [2.75, 3.05) is 11.1 Å². The maximum atomic E-state index is 13.5. The van der Waals surface area contributed by atoms with E-state index < -0.39 is 45.8 Å². The summed E-state index contributed by atoms with van der Waals surface area (Å²) in [7, 11) is -3.62. The lowest BCUT2D eigenvalue weighted by molar-refractivity contribution is -0.152. The van der Waals surface area contributed by atoms with E-state index in [0.29, 0.717) is 0 Å². The number of hydrogen-bond donors (Lipinski definition) is 1. The summed E-state index contributed by atoms with van der Waals surface area (Å²) in [5.74, 6) is -2.60. The molecule has 0 heterocycles. The van der Waals surface area contributed by atoms with Crippen LogP contribution in [0.25, 0.3) is 0 Å². The van der Waals surface area contributed by atoms with Crippen LogP contribution in [0.5, 0.6) is 0 Å². The lowest BCUT2D eigenvalue weighted by Gasteiger charge is -2.14. The van der Waals surface area contributed by atoms with Crippen LogP contribution < -0.4 is 5.32 Å². The van der Waals surface area contributed by atoms with Crippen LogP contribution >= 0.6 is 0 Å². The van der Waals surface area contributed by atoms with Crippen molar-refractivity contribution in [1.82, 2.24) is 0 Å². The van der Waals surface area contributed by atoms with E-state index in [9.17, 15) is 22.4 Å². The average molecular weight is 379 g/mol. The van der Waals surface area contributed by atoms with E-state index in [4.69, 9.17) is 4.74 Å². The maximum Gasteiger partial charge on any atom is 0.307 e. The zero-order chi connectivity index (χ0) is 19.2. The van der Waals surface area contributed by atoms with Gasteiger partial charge in [-0.1, -0.05) is 30.3 Å². The van der Waals surface area contributed by atoms with Crippen LogP contribution in [0.4, 0.5) is 10.1 Å². The van der Waals surface area contributed by atoms with Gasteiger partial charge in [0.15, 0.2) is 15.9 Å². The minimum absolute atomic E-state index is 0.0351. The van der Waals surface area contributed by atoms with Crippen molar-refractivity contribution in [2.24, 2.45) is 0 Å². The van der Waals surface area contributed by atoms with Gasteiger partial charge in [0.05, 0.1) is 22.8 Å². The largest absolute Gasteiger partial charge is 0.453 e. The number of halogens is 1. The van der Waals surface area contributed by atoms with Gasteiger partial charge < -0.3 is 10.1 Å². The van der Waals surface area contributed by atoms with Gasteiger partial charge >= 0.3 is 5.97 Å². The van der Waals surface area contributed by atoms with Crippen molar-refractivity contribution in [1.29, 1.82) is 0 Å². The highest BCUT2D eigenvalue weighted by molar-refractivity contribution is 7.91. The first kappa shape index (κ1) is 19.6. The molecule has 1 N–H and O–H groups in total. The SMILES string of the molecule is C[C@H](OC(=O)CCS(=O)(=O)c1ccccc1)C(=O)Nc1ccccc1F. The van der Waals surface area contributed by atoms with Crippen molar-refractivity contribution in [2.45, 2.75) is 24.3 Å². The highest BCUT2D eigenvalue weighted by Crippen LogP contribution is 2.14. The van der Waals surface area contributed by atoms with E-state index in [1.165, 1.54) is 37.3 Å². The Morgan fingerprint density at radius 3 is 2.35 bits per heavy atom. The third-order valence-electron chi connectivity index (χ3n) is 3.49. The normalized spacial score (nSPS) is 12.2. The number of hydrogen-bond acceptors (Lipinski definition) is 5. The third kappa shape index (κ3) is 5.38. The summed E-state index contributed by atoms with van der Waals surface area (Å²) in [5.41, 5.74) is -0.0351. The fourth-order valence-corrected chi connectivity index (χ4v) is 3.31. The Bertz CT molecular complexity index is 883. The minimum atomic E-state index is -3.62. The van der Waals surface area contributed by atoms with Gasteiger partial charge in [-0.3, -0.25) is 9.59 Å². The van der Waals surface area contributed by atoms with Crippen molar-refractivity contribution in [3.8, 4) is 0 Å². The molecule has 0 aliphatic carbocycles. The molecule has 0 spiro atoms. The number of amides is 1. The Labute approximate surface area is 150 Å². The van der Waals surface area contributed by atoms with Gasteiger partial charge in [-0.15, -0.1) is 0 Å². The van der Waals surface area contributed by atoms with Crippen LogP contribution in [0.3, 0.4) is 0 Å². The molecule has 0 fully saturated rings. The number of carbonyl (C=O) groups excluding carboxylic acids is 2. The Morgan fingerprint density at radius 2 is 1.69 bits per heavy atom. The van der Waals surface area contributed by atoms with Crippen molar-refractivity contribution in [3.63, 3.8) is 0 Å². The fourth-order valence-electron chi connectivity index (χ4n) is 2.07. The fraction of sp³-hybridized carbons (Fsp3) is 0.222. The Morgan fingerprint density at radius 1 is 1.08 bits per heavy atom. The van der Waals surface area contributed by atoms with Gasteiger partial charge in [0, 0.05) is 0 Å². The van der Waals surface area contributed by atoms with E-state index in [-0.39, 0.29) is 10.6 Å². The molecule has 2 aromatic rings. The molecular formula is C18H18FNO5S. The summed E-state index contributed by atoms with van der Waals surface area (Å²) in [6, 6.07) is 13.3. The quantitative estimate of drug-likeness (QED) is 0.747. The average Bonchev–Trinajstić information content (AvgIpc) is 2.62. The topological polar surface area (TPSA) is 89.5 Å². The molecule has 0 saturated carbocycles. The molecule has 26 heavy (non-hydrogen) atoms. The Kier molecular flexibility index (Phi) is 6.46. The molecule has 0 aliphatic heterocycles. The lowest BCUT2D eigenvalue weighted by atomic mass is 10.3. The first-order valence-corrected chi connectivity index (χ1v) is 9.47. The van der Waals surface area contributed by atoms with E-state index in [0.717, 1.165) is 0 Å². The highest BCUT2D eigenvalue weighted by Gasteiger charge is 2.21. The van der Waals surface area contributed by atoms with Crippen LogP contribution in [0, 0.1) is 5.82 Å². The summed E-state index contributed by atoms with van der Waals surface area (Å²) >= 11 is 0. The summed E-state index contributed by atoms with van der Waals surface area (Å²) < 4.78 is 42.6. The van der Waals surface area contributed by atoms with Crippen LogP contribution in [0.1, 0.15) is 13.3 Å². The molecule has 0 saturated heterocycles. The number of esters is 1. The number of nitrogens with one attached hydrogen (secondary N) is 1. The predicted molar refractivity (Wildman–Crippen MR) is 93.7 cm³/mol. The van der Waals surface area contributed by atoms with Crippen LogP contribution in [-0.2, 0) is 24.2 Å². The molecule has 0 aliphatic rings. The molecule has 6 nitrogen and oxygen atoms in total. The maximum absolute atomic E-state index is 13.5. The number of sulfone groups is 1. The molecule has 0 unspecified atom stereocenters. The number of anilines is 1. The number of carbonyl (C=O) groups is 2. The standard InChI is InChI=1S/C18H18FNO5S/c1-13(18(22)20-16-10-6-5-9-15(16)19)25-17(21)11-12-26(23,24)14-7-3-2-4-8-14/h2-10,13H,11-12H2,1H3,(H,20,22)/t13-/m0/s1. The molecule has 0 aromatic heterocycles. The third-order valence-corrected chi connectivity index (χ3v) is 5.22. The molecule has 0 radical (unpaired) electrons. The van der Waals surface area contributed by atoms with E-state index in [2.05, 4.69) is 5.32 Å². The van der Waals surface area contributed by atoms with Crippen LogP contribution in [0.15, 0.2) is 59.5 Å². The van der Waals surface area contributed by atoms with Crippen LogP contribution in [0.2, 0.25) is 0 Å². The molecule has 1 atom stereocenters. The second-order valence-electron chi connectivity index (χ2n) is 5.48. The Balaban J connectivity index is 1.87. The van der Waals surface area contributed by atoms with Crippen molar-refractivity contribution in [3.05, 3.63) is 60.4 Å². The molecular weight excluding hydrogens is 361 g/mol. The highest BCUT2D eigenvalue weighted by atomic mass is 32.2. The molecule has 2 rings (SSSR count). The first-order valence-electron chi connectivity index (χ1n) is 7.82. The summed E-state index contributed by atoms with van der Waals surface area (Å²) in [5, 5.41) is 2.30. The molecule has 138 valence electrons. The van der Waals surface area contributed by atoms with E-state index in [1.807, 2.05) is 0 Å². The van der Waals surface area contributed by atoms with Gasteiger partial charge in [0.25, 0.3) is 5.91 Å². The summed E-state index contributed by atoms with van der Waals surface area (Å²) in [6.45, 7) is 1.32. The first-order chi connectivity index (χ1) is 12.3. The monoisotopic (exact) mass is 379 g/mol. The summed E-state index contributed by atoms with van der Waals surface area (Å²) in [4.78, 5) is 23.9. The van der Waals surface area contributed by atoms with Gasteiger partial charge in [0.1, 0.15) is 5.82 Å². The van der Waals surface area contributed by atoms with Gasteiger partial charge in [-0.2, -0.15) is 0 Å². The number of benzene rings is 2. The molecule has 0 bridgehead atoms. The zero-order valence-corrected chi connectivity index (χ0v) is 14.8.